The van der Waals surface area contributed by atoms with Gasteiger partial charge in [-0.1, -0.05) is 56.3 Å². The van der Waals surface area contributed by atoms with E-state index in [2.05, 4.69) is 45.9 Å². The van der Waals surface area contributed by atoms with Gasteiger partial charge in [0.1, 0.15) is 17.1 Å². The van der Waals surface area contributed by atoms with Gasteiger partial charge in [-0.05, 0) is 67.1 Å². The molecule has 0 saturated carbocycles. The molecular formula is C27H28O3. The lowest BCUT2D eigenvalue weighted by atomic mass is 9.71. The minimum Gasteiger partial charge on any atom is -0.482 e. The van der Waals surface area contributed by atoms with E-state index in [1.54, 1.807) is 12.1 Å². The Kier molecular flexibility index (Phi) is 4.93. The zero-order valence-electron chi connectivity index (χ0n) is 18.3. The van der Waals surface area contributed by atoms with Crippen molar-refractivity contribution in [2.45, 2.75) is 52.1 Å². The van der Waals surface area contributed by atoms with Gasteiger partial charge in [0.05, 0.1) is 5.56 Å². The molecule has 4 rings (SSSR count). The van der Waals surface area contributed by atoms with Gasteiger partial charge >= 0.3 is 5.97 Å². The van der Waals surface area contributed by atoms with E-state index in [9.17, 15) is 4.79 Å². The first-order valence-corrected chi connectivity index (χ1v) is 10.4. The minimum absolute atomic E-state index is 0.0817. The molecule has 1 heterocycles. The van der Waals surface area contributed by atoms with E-state index in [4.69, 9.17) is 9.47 Å². The van der Waals surface area contributed by atoms with E-state index in [1.807, 2.05) is 43.3 Å². The van der Waals surface area contributed by atoms with Crippen LogP contribution in [0, 0.1) is 13.8 Å². The lowest BCUT2D eigenvalue weighted by Crippen LogP contribution is -2.42. The Morgan fingerprint density at radius 1 is 0.867 bits per heavy atom. The molecule has 3 aromatic carbocycles. The zero-order chi connectivity index (χ0) is 21.5. The molecule has 0 N–H and O–H groups in total. The molecule has 0 aliphatic carbocycles. The summed E-state index contributed by atoms with van der Waals surface area (Å²) in [5.74, 6) is 1.09. The Bertz CT molecular complexity index is 1100. The first-order valence-electron chi connectivity index (χ1n) is 10.4. The Balaban J connectivity index is 1.76. The SMILES string of the molecule is Cc1ccc2c(c1)O[C@@](C)(c1ccc(C)cc1OC(=O)c1ccccc1)CC2(C)C. The number of aryl methyl sites for hydroxylation is 2. The average molecular weight is 401 g/mol. The van der Waals surface area contributed by atoms with Gasteiger partial charge in [-0.15, -0.1) is 0 Å². The summed E-state index contributed by atoms with van der Waals surface area (Å²) >= 11 is 0. The van der Waals surface area contributed by atoms with Crippen molar-refractivity contribution in [2.75, 3.05) is 0 Å². The van der Waals surface area contributed by atoms with Crippen LogP contribution in [0.2, 0.25) is 0 Å². The number of carbonyl (C=O) groups excluding carboxylic acids is 1. The predicted octanol–water partition coefficient (Wildman–Crippen LogP) is 6.50. The maximum Gasteiger partial charge on any atom is 0.343 e. The summed E-state index contributed by atoms with van der Waals surface area (Å²) in [5.41, 5.74) is 4.11. The average Bonchev–Trinajstić information content (AvgIpc) is 2.67. The smallest absolute Gasteiger partial charge is 0.343 e. The number of hydrogen-bond acceptors (Lipinski definition) is 3. The number of hydrogen-bond donors (Lipinski definition) is 0. The third-order valence-corrected chi connectivity index (χ3v) is 5.90. The summed E-state index contributed by atoms with van der Waals surface area (Å²) in [5, 5.41) is 0. The number of fused-ring (bicyclic) bond motifs is 1. The van der Waals surface area contributed by atoms with Crippen LogP contribution in [0.4, 0.5) is 0 Å². The lowest BCUT2D eigenvalue weighted by molar-refractivity contribution is 0.0296. The van der Waals surface area contributed by atoms with Gasteiger partial charge in [-0.2, -0.15) is 0 Å². The van der Waals surface area contributed by atoms with Crippen LogP contribution >= 0.6 is 0 Å². The van der Waals surface area contributed by atoms with Gasteiger partial charge in [0, 0.05) is 12.0 Å². The molecule has 0 unspecified atom stereocenters. The number of benzene rings is 3. The van der Waals surface area contributed by atoms with Crippen molar-refractivity contribution in [3.63, 3.8) is 0 Å². The fourth-order valence-corrected chi connectivity index (χ4v) is 4.52. The van der Waals surface area contributed by atoms with Crippen molar-refractivity contribution in [1.82, 2.24) is 0 Å². The molecular weight excluding hydrogens is 372 g/mol. The molecule has 0 aromatic heterocycles. The molecule has 0 bridgehead atoms. The van der Waals surface area contributed by atoms with Crippen molar-refractivity contribution in [2.24, 2.45) is 0 Å². The molecule has 154 valence electrons. The second-order valence-electron chi connectivity index (χ2n) is 9.15. The second kappa shape index (κ2) is 7.32. The number of esters is 1. The summed E-state index contributed by atoms with van der Waals surface area (Å²) < 4.78 is 12.5. The van der Waals surface area contributed by atoms with Crippen molar-refractivity contribution >= 4 is 5.97 Å². The lowest BCUT2D eigenvalue weighted by Gasteiger charge is -2.45. The van der Waals surface area contributed by atoms with E-state index >= 15 is 0 Å². The molecule has 1 atom stereocenters. The van der Waals surface area contributed by atoms with E-state index < -0.39 is 5.60 Å². The fourth-order valence-electron chi connectivity index (χ4n) is 4.52. The van der Waals surface area contributed by atoms with Gasteiger partial charge in [0.2, 0.25) is 0 Å². The highest BCUT2D eigenvalue weighted by Gasteiger charge is 2.44. The second-order valence-corrected chi connectivity index (χ2v) is 9.15. The van der Waals surface area contributed by atoms with Crippen LogP contribution in [0.3, 0.4) is 0 Å². The molecule has 3 aromatic rings. The molecule has 3 nitrogen and oxygen atoms in total. The van der Waals surface area contributed by atoms with Crippen LogP contribution in [-0.2, 0) is 11.0 Å². The number of carbonyl (C=O) groups is 1. The van der Waals surface area contributed by atoms with Crippen LogP contribution in [0.15, 0.2) is 66.7 Å². The van der Waals surface area contributed by atoms with Gasteiger partial charge in [0.25, 0.3) is 0 Å². The van der Waals surface area contributed by atoms with Crippen LogP contribution in [-0.4, -0.2) is 5.97 Å². The topological polar surface area (TPSA) is 35.5 Å². The van der Waals surface area contributed by atoms with Gasteiger partial charge in [0.15, 0.2) is 0 Å². The van der Waals surface area contributed by atoms with Crippen molar-refractivity contribution in [3.8, 4) is 11.5 Å². The molecule has 0 radical (unpaired) electrons. The Morgan fingerprint density at radius 3 is 2.20 bits per heavy atom. The molecule has 1 aliphatic rings. The third kappa shape index (κ3) is 3.72. The van der Waals surface area contributed by atoms with Gasteiger partial charge in [-0.25, -0.2) is 4.79 Å². The maximum absolute atomic E-state index is 12.8. The molecule has 0 saturated heterocycles. The van der Waals surface area contributed by atoms with Crippen LogP contribution in [0.1, 0.15) is 59.8 Å². The number of ether oxygens (including phenoxy) is 2. The minimum atomic E-state index is -0.621. The van der Waals surface area contributed by atoms with E-state index in [-0.39, 0.29) is 11.4 Å². The van der Waals surface area contributed by atoms with E-state index in [0.29, 0.717) is 11.3 Å². The monoisotopic (exact) mass is 400 g/mol. The molecule has 1 aliphatic heterocycles. The van der Waals surface area contributed by atoms with Crippen LogP contribution in [0.25, 0.3) is 0 Å². The van der Waals surface area contributed by atoms with Gasteiger partial charge in [-0.3, -0.25) is 0 Å². The number of rotatable bonds is 3. The van der Waals surface area contributed by atoms with Crippen molar-refractivity contribution < 1.29 is 14.3 Å². The van der Waals surface area contributed by atoms with Crippen molar-refractivity contribution in [1.29, 1.82) is 0 Å². The predicted molar refractivity (Wildman–Crippen MR) is 119 cm³/mol. The Hall–Kier alpha value is -3.07. The summed E-state index contributed by atoms with van der Waals surface area (Å²) in [7, 11) is 0. The Labute approximate surface area is 178 Å². The quantitative estimate of drug-likeness (QED) is 0.372. The van der Waals surface area contributed by atoms with Crippen LogP contribution < -0.4 is 9.47 Å². The summed E-state index contributed by atoms with van der Waals surface area (Å²) in [6, 6.07) is 21.5. The molecule has 30 heavy (non-hydrogen) atoms. The van der Waals surface area contributed by atoms with Crippen LogP contribution in [0.5, 0.6) is 11.5 Å². The first-order chi connectivity index (χ1) is 14.2. The maximum atomic E-state index is 12.8. The van der Waals surface area contributed by atoms with E-state index in [0.717, 1.165) is 28.9 Å². The normalized spacial score (nSPS) is 19.5. The highest BCUT2D eigenvalue weighted by Crippen LogP contribution is 2.50. The van der Waals surface area contributed by atoms with Crippen molar-refractivity contribution in [3.05, 3.63) is 94.5 Å². The summed E-state index contributed by atoms with van der Waals surface area (Å²) in [4.78, 5) is 12.8. The molecule has 0 fully saturated rings. The fraction of sp³-hybridized carbons (Fsp3) is 0.296. The third-order valence-electron chi connectivity index (χ3n) is 5.90. The standard InChI is InChI=1S/C27H28O3/c1-18-12-14-22(23(15-18)29-25(28)20-9-7-6-8-10-20)27(5)17-26(3,4)21-13-11-19(2)16-24(21)30-27/h6-16H,17H2,1-5H3/t27-/m1/s1. The summed E-state index contributed by atoms with van der Waals surface area (Å²) in [6.07, 6.45) is 0.773. The highest BCUT2D eigenvalue weighted by molar-refractivity contribution is 5.91. The Morgan fingerprint density at radius 2 is 1.50 bits per heavy atom. The molecule has 3 heteroatoms. The first kappa shape index (κ1) is 20.2. The summed E-state index contributed by atoms with van der Waals surface area (Å²) in [6.45, 7) is 10.6. The van der Waals surface area contributed by atoms with E-state index in [1.165, 1.54) is 5.56 Å². The molecule has 0 amide bonds. The zero-order valence-corrected chi connectivity index (χ0v) is 18.3. The largest absolute Gasteiger partial charge is 0.482 e. The highest BCUT2D eigenvalue weighted by atomic mass is 16.5. The van der Waals surface area contributed by atoms with Gasteiger partial charge < -0.3 is 9.47 Å². The molecule has 0 spiro atoms.